The van der Waals surface area contributed by atoms with Gasteiger partial charge in [0.1, 0.15) is 28.4 Å². The van der Waals surface area contributed by atoms with Crippen molar-refractivity contribution in [2.45, 2.75) is 6.54 Å². The Balaban J connectivity index is 2.09. The molecule has 0 radical (unpaired) electrons. The second-order valence-electron chi connectivity index (χ2n) is 3.32. The lowest BCUT2D eigenvalue weighted by Crippen LogP contribution is -2.04. The minimum Gasteiger partial charge on any atom is -0.366 e. The summed E-state index contributed by atoms with van der Waals surface area (Å²) < 4.78 is 26.8. The van der Waals surface area contributed by atoms with E-state index in [0.717, 1.165) is 18.2 Å². The zero-order valence-corrected chi connectivity index (χ0v) is 10.2. The molecule has 17 heavy (non-hydrogen) atoms. The Morgan fingerprint density at radius 2 is 2.00 bits per heavy atom. The van der Waals surface area contributed by atoms with Crippen LogP contribution in [0.15, 0.2) is 35.2 Å². The van der Waals surface area contributed by atoms with Gasteiger partial charge in [-0.05, 0) is 34.1 Å². The molecule has 6 heteroatoms. The fraction of sp³-hybridized carbons (Fsp3) is 0.0909. The number of rotatable bonds is 3. The minimum atomic E-state index is -0.466. The van der Waals surface area contributed by atoms with Crippen molar-refractivity contribution in [3.8, 4) is 0 Å². The van der Waals surface area contributed by atoms with Gasteiger partial charge in [0.2, 0.25) is 0 Å². The summed E-state index contributed by atoms with van der Waals surface area (Å²) in [6.45, 7) is 0.160. The maximum absolute atomic E-state index is 13.3. The monoisotopic (exact) mass is 299 g/mol. The maximum atomic E-state index is 13.3. The average molecular weight is 300 g/mol. The van der Waals surface area contributed by atoms with Crippen LogP contribution in [0.25, 0.3) is 0 Å². The molecule has 0 bridgehead atoms. The fourth-order valence-corrected chi connectivity index (χ4v) is 1.60. The van der Waals surface area contributed by atoms with Crippen LogP contribution in [0.1, 0.15) is 5.56 Å². The van der Waals surface area contributed by atoms with Crippen LogP contribution in [0.3, 0.4) is 0 Å². The summed E-state index contributed by atoms with van der Waals surface area (Å²) in [5.74, 6) is -0.380. The second-order valence-corrected chi connectivity index (χ2v) is 4.13. The van der Waals surface area contributed by atoms with E-state index in [2.05, 4.69) is 31.2 Å². The van der Waals surface area contributed by atoms with E-state index in [-0.39, 0.29) is 12.1 Å². The van der Waals surface area contributed by atoms with E-state index in [1.165, 1.54) is 6.33 Å². The molecular weight excluding hydrogens is 292 g/mol. The van der Waals surface area contributed by atoms with Crippen LogP contribution in [0.4, 0.5) is 14.6 Å². The highest BCUT2D eigenvalue weighted by Gasteiger charge is 2.04. The number of hydrogen-bond acceptors (Lipinski definition) is 3. The molecular formula is C11H8BrF2N3. The van der Waals surface area contributed by atoms with Crippen LogP contribution in [0, 0.1) is 11.6 Å². The Morgan fingerprint density at radius 1 is 1.18 bits per heavy atom. The summed E-state index contributed by atoms with van der Waals surface area (Å²) in [5.41, 5.74) is 0.250. The lowest BCUT2D eigenvalue weighted by atomic mass is 10.2. The smallest absolute Gasteiger partial charge is 0.130 e. The lowest BCUT2D eigenvalue weighted by molar-refractivity contribution is 0.587. The highest BCUT2D eigenvalue weighted by Crippen LogP contribution is 2.13. The number of nitrogens with zero attached hydrogens (tertiary/aromatic N) is 2. The van der Waals surface area contributed by atoms with E-state index in [4.69, 9.17) is 0 Å². The second kappa shape index (κ2) is 5.18. The van der Waals surface area contributed by atoms with Crippen molar-refractivity contribution in [1.82, 2.24) is 9.97 Å². The van der Waals surface area contributed by atoms with E-state index in [0.29, 0.717) is 10.4 Å². The molecule has 0 aliphatic rings. The van der Waals surface area contributed by atoms with Gasteiger partial charge in [0.05, 0.1) is 0 Å². The summed E-state index contributed by atoms with van der Waals surface area (Å²) in [5, 5.41) is 2.88. The fourth-order valence-electron chi connectivity index (χ4n) is 1.29. The number of benzene rings is 1. The molecule has 1 heterocycles. The molecule has 0 unspecified atom stereocenters. The number of nitrogens with one attached hydrogen (secondary N) is 1. The molecule has 0 atom stereocenters. The third kappa shape index (κ3) is 3.20. The molecule has 3 nitrogen and oxygen atoms in total. The molecule has 0 aliphatic heterocycles. The first-order valence-corrected chi connectivity index (χ1v) is 5.60. The van der Waals surface area contributed by atoms with Gasteiger partial charge < -0.3 is 5.32 Å². The zero-order valence-electron chi connectivity index (χ0n) is 8.62. The van der Waals surface area contributed by atoms with Crippen molar-refractivity contribution in [2.75, 3.05) is 5.32 Å². The van der Waals surface area contributed by atoms with Crippen LogP contribution in [0.2, 0.25) is 0 Å². The summed E-state index contributed by atoms with van der Waals surface area (Å²) in [6, 6.07) is 4.98. The minimum absolute atomic E-state index is 0.160. The van der Waals surface area contributed by atoms with Crippen LogP contribution in [-0.4, -0.2) is 9.97 Å². The number of halogens is 3. The quantitative estimate of drug-likeness (QED) is 0.885. The van der Waals surface area contributed by atoms with Gasteiger partial charge >= 0.3 is 0 Å². The molecule has 2 aromatic rings. The summed E-state index contributed by atoms with van der Waals surface area (Å²) in [4.78, 5) is 7.80. The Hall–Kier alpha value is -1.56. The predicted octanol–water partition coefficient (Wildman–Crippen LogP) is 3.13. The average Bonchev–Trinajstić information content (AvgIpc) is 2.30. The number of aromatic nitrogens is 2. The summed E-state index contributed by atoms with van der Waals surface area (Å²) >= 11 is 3.19. The lowest BCUT2D eigenvalue weighted by Gasteiger charge is -2.06. The van der Waals surface area contributed by atoms with Crippen molar-refractivity contribution in [2.24, 2.45) is 0 Å². The molecule has 1 aromatic heterocycles. The van der Waals surface area contributed by atoms with E-state index in [1.54, 1.807) is 6.07 Å². The standard InChI is InChI=1S/C11H8BrF2N3/c12-10-4-11(17-6-16-10)15-5-7-3-8(13)1-2-9(7)14/h1-4,6H,5H2,(H,15,16,17). The van der Waals surface area contributed by atoms with E-state index in [1.807, 2.05) is 0 Å². The molecule has 0 saturated heterocycles. The summed E-state index contributed by atoms with van der Waals surface area (Å²) in [7, 11) is 0. The van der Waals surface area contributed by atoms with Gasteiger partial charge in [0.25, 0.3) is 0 Å². The molecule has 2 rings (SSSR count). The molecule has 0 amide bonds. The van der Waals surface area contributed by atoms with Crippen molar-refractivity contribution in [3.63, 3.8) is 0 Å². The summed E-state index contributed by atoms with van der Waals surface area (Å²) in [6.07, 6.45) is 1.37. The molecule has 88 valence electrons. The highest BCUT2D eigenvalue weighted by molar-refractivity contribution is 9.10. The normalized spacial score (nSPS) is 10.3. The van der Waals surface area contributed by atoms with Crippen molar-refractivity contribution < 1.29 is 8.78 Å². The Kier molecular flexibility index (Phi) is 3.63. The van der Waals surface area contributed by atoms with Crippen LogP contribution < -0.4 is 5.32 Å². The van der Waals surface area contributed by atoms with E-state index < -0.39 is 11.6 Å². The first kappa shape index (κ1) is 11.9. The van der Waals surface area contributed by atoms with Gasteiger partial charge in [-0.3, -0.25) is 0 Å². The van der Waals surface area contributed by atoms with Crippen molar-refractivity contribution >= 4 is 21.7 Å². The van der Waals surface area contributed by atoms with Crippen LogP contribution >= 0.6 is 15.9 Å². The zero-order chi connectivity index (χ0) is 12.3. The van der Waals surface area contributed by atoms with Gasteiger partial charge in [-0.1, -0.05) is 0 Å². The van der Waals surface area contributed by atoms with Gasteiger partial charge in [0.15, 0.2) is 0 Å². The first-order valence-electron chi connectivity index (χ1n) is 4.80. The molecule has 1 aromatic carbocycles. The van der Waals surface area contributed by atoms with E-state index >= 15 is 0 Å². The third-order valence-corrected chi connectivity index (χ3v) is 2.54. The van der Waals surface area contributed by atoms with Gasteiger partial charge in [0, 0.05) is 18.2 Å². The molecule has 0 aliphatic carbocycles. The number of hydrogen-bond donors (Lipinski definition) is 1. The highest BCUT2D eigenvalue weighted by atomic mass is 79.9. The van der Waals surface area contributed by atoms with Crippen molar-refractivity contribution in [3.05, 3.63) is 52.4 Å². The molecule has 0 spiro atoms. The van der Waals surface area contributed by atoms with Gasteiger partial charge in [-0.2, -0.15) is 0 Å². The topological polar surface area (TPSA) is 37.8 Å². The van der Waals surface area contributed by atoms with Crippen LogP contribution in [0.5, 0.6) is 0 Å². The maximum Gasteiger partial charge on any atom is 0.130 e. The Labute approximate surface area is 105 Å². The molecule has 1 N–H and O–H groups in total. The molecule has 0 fully saturated rings. The predicted molar refractivity (Wildman–Crippen MR) is 63.4 cm³/mol. The SMILES string of the molecule is Fc1ccc(F)c(CNc2cc(Br)ncn2)c1. The van der Waals surface area contributed by atoms with Crippen molar-refractivity contribution in [1.29, 1.82) is 0 Å². The Morgan fingerprint density at radius 3 is 2.76 bits per heavy atom. The first-order chi connectivity index (χ1) is 8.15. The molecule has 0 saturated carbocycles. The van der Waals surface area contributed by atoms with Crippen LogP contribution in [-0.2, 0) is 6.54 Å². The van der Waals surface area contributed by atoms with Gasteiger partial charge in [-0.25, -0.2) is 18.7 Å². The number of anilines is 1. The Bertz CT molecular complexity index is 534. The largest absolute Gasteiger partial charge is 0.366 e. The third-order valence-electron chi connectivity index (χ3n) is 2.10. The van der Waals surface area contributed by atoms with E-state index in [9.17, 15) is 8.78 Å². The van der Waals surface area contributed by atoms with Gasteiger partial charge in [-0.15, -0.1) is 0 Å².